The first-order valence-corrected chi connectivity index (χ1v) is 9.17. The molecule has 5 heteroatoms. The summed E-state index contributed by atoms with van der Waals surface area (Å²) in [5.41, 5.74) is 3.45. The number of nitrogens with zero attached hydrogens (tertiary/aromatic N) is 2. The van der Waals surface area contributed by atoms with Gasteiger partial charge < -0.3 is 9.47 Å². The Hall–Kier alpha value is -2.27. The number of esters is 1. The molecule has 0 aliphatic carbocycles. The molecule has 140 valence electrons. The first-order chi connectivity index (χ1) is 12.5. The minimum Gasteiger partial charge on any atom is -0.462 e. The first kappa shape index (κ1) is 20.0. The molecular formula is C21H28N2O3. The van der Waals surface area contributed by atoms with Crippen LogP contribution in [0.25, 0.3) is 0 Å². The van der Waals surface area contributed by atoms with Gasteiger partial charge in [0.15, 0.2) is 0 Å². The Morgan fingerprint density at radius 2 is 1.96 bits per heavy atom. The molecule has 26 heavy (non-hydrogen) atoms. The van der Waals surface area contributed by atoms with Gasteiger partial charge in [0.1, 0.15) is 0 Å². The Morgan fingerprint density at radius 1 is 1.15 bits per heavy atom. The fraction of sp³-hybridized carbons (Fsp3) is 0.476. The Kier molecular flexibility index (Phi) is 7.73. The van der Waals surface area contributed by atoms with E-state index in [9.17, 15) is 4.79 Å². The van der Waals surface area contributed by atoms with Crippen molar-refractivity contribution < 1.29 is 14.3 Å². The van der Waals surface area contributed by atoms with Crippen molar-refractivity contribution >= 4 is 5.97 Å². The number of rotatable bonds is 9. The largest absolute Gasteiger partial charge is 0.462 e. The van der Waals surface area contributed by atoms with Gasteiger partial charge in [0.2, 0.25) is 0 Å². The third-order valence-electron chi connectivity index (χ3n) is 4.20. The molecule has 0 aromatic carbocycles. The van der Waals surface area contributed by atoms with Crippen LogP contribution in [0.1, 0.15) is 73.3 Å². The monoisotopic (exact) mass is 356 g/mol. The summed E-state index contributed by atoms with van der Waals surface area (Å²) in [7, 11) is 0. The number of carbonyl (C=O) groups is 1. The minimum absolute atomic E-state index is 0.108. The summed E-state index contributed by atoms with van der Waals surface area (Å²) in [4.78, 5) is 20.9. The molecule has 0 fully saturated rings. The van der Waals surface area contributed by atoms with Gasteiger partial charge in [-0.2, -0.15) is 0 Å². The van der Waals surface area contributed by atoms with E-state index in [1.165, 1.54) is 0 Å². The van der Waals surface area contributed by atoms with E-state index >= 15 is 0 Å². The Labute approximate surface area is 155 Å². The number of aromatic nitrogens is 2. The highest BCUT2D eigenvalue weighted by Gasteiger charge is 2.18. The SMILES string of the molecule is CCOC(=O)c1cccnc1C(C)CCOCc1ccc(C(C)C)nc1. The third kappa shape index (κ3) is 5.63. The molecule has 0 spiro atoms. The predicted molar refractivity (Wildman–Crippen MR) is 101 cm³/mol. The van der Waals surface area contributed by atoms with E-state index in [0.717, 1.165) is 23.4 Å². The van der Waals surface area contributed by atoms with Crippen LogP contribution in [0.2, 0.25) is 0 Å². The van der Waals surface area contributed by atoms with E-state index in [1.54, 1.807) is 25.3 Å². The summed E-state index contributed by atoms with van der Waals surface area (Å²) in [5, 5.41) is 0. The molecular weight excluding hydrogens is 328 g/mol. The van der Waals surface area contributed by atoms with Crippen molar-refractivity contribution in [3.63, 3.8) is 0 Å². The summed E-state index contributed by atoms with van der Waals surface area (Å²) < 4.78 is 10.9. The van der Waals surface area contributed by atoms with E-state index in [1.807, 2.05) is 19.2 Å². The van der Waals surface area contributed by atoms with Crippen LogP contribution in [0.5, 0.6) is 0 Å². The standard InChI is InChI=1S/C21H28N2O3/c1-5-26-21(24)18-7-6-11-22-20(18)16(4)10-12-25-14-17-8-9-19(15(2)3)23-13-17/h6-9,11,13,15-16H,5,10,12,14H2,1-4H3. The maximum Gasteiger partial charge on any atom is 0.339 e. The minimum atomic E-state index is -0.320. The summed E-state index contributed by atoms with van der Waals surface area (Å²) >= 11 is 0. The van der Waals surface area contributed by atoms with Gasteiger partial charge in [-0.1, -0.05) is 26.8 Å². The fourth-order valence-corrected chi connectivity index (χ4v) is 2.64. The van der Waals surface area contributed by atoms with Crippen molar-refractivity contribution in [3.05, 3.63) is 59.2 Å². The summed E-state index contributed by atoms with van der Waals surface area (Å²) in [6.07, 6.45) is 4.36. The van der Waals surface area contributed by atoms with Crippen LogP contribution in [0.3, 0.4) is 0 Å². The van der Waals surface area contributed by atoms with Crippen molar-refractivity contribution in [1.82, 2.24) is 9.97 Å². The van der Waals surface area contributed by atoms with Crippen molar-refractivity contribution in [1.29, 1.82) is 0 Å². The maximum absolute atomic E-state index is 12.1. The fourth-order valence-electron chi connectivity index (χ4n) is 2.64. The van der Waals surface area contributed by atoms with Crippen molar-refractivity contribution in [2.45, 2.75) is 52.6 Å². The Bertz CT molecular complexity index is 699. The summed E-state index contributed by atoms with van der Waals surface area (Å²) in [6.45, 7) is 9.58. The summed E-state index contributed by atoms with van der Waals surface area (Å²) in [5.74, 6) is 0.217. The van der Waals surface area contributed by atoms with E-state index < -0.39 is 0 Å². The maximum atomic E-state index is 12.1. The lowest BCUT2D eigenvalue weighted by atomic mass is 9.99. The molecule has 1 atom stereocenters. The van der Waals surface area contributed by atoms with Gasteiger partial charge in [-0.3, -0.25) is 9.97 Å². The quantitative estimate of drug-likeness (QED) is 0.489. The molecule has 0 amide bonds. The zero-order valence-electron chi connectivity index (χ0n) is 16.1. The highest BCUT2D eigenvalue weighted by atomic mass is 16.5. The lowest BCUT2D eigenvalue weighted by molar-refractivity contribution is 0.0523. The van der Waals surface area contributed by atoms with Crippen molar-refractivity contribution in [2.24, 2.45) is 0 Å². The Morgan fingerprint density at radius 3 is 2.62 bits per heavy atom. The van der Waals surface area contributed by atoms with Gasteiger partial charge in [0, 0.05) is 30.6 Å². The van der Waals surface area contributed by atoms with E-state index in [4.69, 9.17) is 9.47 Å². The molecule has 2 aromatic heterocycles. The van der Waals surface area contributed by atoms with Crippen LogP contribution >= 0.6 is 0 Å². The van der Waals surface area contributed by atoms with Crippen molar-refractivity contribution in [2.75, 3.05) is 13.2 Å². The number of carbonyl (C=O) groups excluding carboxylic acids is 1. The van der Waals surface area contributed by atoms with Crippen molar-refractivity contribution in [3.8, 4) is 0 Å². The second-order valence-corrected chi connectivity index (χ2v) is 6.64. The van der Waals surface area contributed by atoms with Gasteiger partial charge in [-0.25, -0.2) is 4.79 Å². The average Bonchev–Trinajstić information content (AvgIpc) is 2.65. The number of hydrogen-bond acceptors (Lipinski definition) is 5. The van der Waals surface area contributed by atoms with Crippen LogP contribution in [0, 0.1) is 0 Å². The zero-order valence-corrected chi connectivity index (χ0v) is 16.1. The molecule has 0 N–H and O–H groups in total. The molecule has 0 radical (unpaired) electrons. The topological polar surface area (TPSA) is 61.3 Å². The van der Waals surface area contributed by atoms with E-state index in [0.29, 0.717) is 31.3 Å². The van der Waals surface area contributed by atoms with Gasteiger partial charge in [0.25, 0.3) is 0 Å². The van der Waals surface area contributed by atoms with E-state index in [2.05, 4.69) is 29.9 Å². The highest BCUT2D eigenvalue weighted by Crippen LogP contribution is 2.21. The number of ether oxygens (including phenoxy) is 2. The lowest BCUT2D eigenvalue weighted by Crippen LogP contribution is -2.12. The molecule has 2 rings (SSSR count). The van der Waals surface area contributed by atoms with Gasteiger partial charge in [0.05, 0.1) is 24.5 Å². The number of pyridine rings is 2. The molecule has 0 aliphatic rings. The van der Waals surface area contributed by atoms with E-state index in [-0.39, 0.29) is 11.9 Å². The molecule has 5 nitrogen and oxygen atoms in total. The highest BCUT2D eigenvalue weighted by molar-refractivity contribution is 5.90. The predicted octanol–water partition coefficient (Wildman–Crippen LogP) is 4.49. The molecule has 0 saturated heterocycles. The Balaban J connectivity index is 1.85. The zero-order chi connectivity index (χ0) is 18.9. The van der Waals surface area contributed by atoms with Crippen LogP contribution in [0.15, 0.2) is 36.7 Å². The van der Waals surface area contributed by atoms with Crippen LogP contribution in [-0.2, 0) is 16.1 Å². The number of hydrogen-bond donors (Lipinski definition) is 0. The van der Waals surface area contributed by atoms with Crippen LogP contribution in [-0.4, -0.2) is 29.2 Å². The van der Waals surface area contributed by atoms with Crippen LogP contribution in [0.4, 0.5) is 0 Å². The second-order valence-electron chi connectivity index (χ2n) is 6.64. The molecule has 1 unspecified atom stereocenters. The summed E-state index contributed by atoms with van der Waals surface area (Å²) in [6, 6.07) is 7.63. The van der Waals surface area contributed by atoms with Gasteiger partial charge in [-0.05, 0) is 43.0 Å². The third-order valence-corrected chi connectivity index (χ3v) is 4.20. The van der Waals surface area contributed by atoms with Crippen LogP contribution < -0.4 is 0 Å². The van der Waals surface area contributed by atoms with Gasteiger partial charge >= 0.3 is 5.97 Å². The molecule has 0 saturated carbocycles. The normalized spacial score (nSPS) is 12.2. The lowest BCUT2D eigenvalue weighted by Gasteiger charge is -2.14. The first-order valence-electron chi connectivity index (χ1n) is 9.17. The van der Waals surface area contributed by atoms with Gasteiger partial charge in [-0.15, -0.1) is 0 Å². The molecule has 0 bridgehead atoms. The smallest absolute Gasteiger partial charge is 0.339 e. The molecule has 0 aliphatic heterocycles. The molecule has 2 heterocycles. The molecule has 2 aromatic rings. The second kappa shape index (κ2) is 10.0. The average molecular weight is 356 g/mol.